The van der Waals surface area contributed by atoms with Crippen LogP contribution in [0.25, 0.3) is 10.9 Å². The van der Waals surface area contributed by atoms with Crippen molar-refractivity contribution >= 4 is 38.6 Å². The molecule has 0 unspecified atom stereocenters. The molecule has 0 radical (unpaired) electrons. The number of piperazine rings is 1. The molecule has 26 heavy (non-hydrogen) atoms. The average Bonchev–Trinajstić information content (AvgIpc) is 3.06. The van der Waals surface area contributed by atoms with E-state index < -0.39 is 12.0 Å². The third-order valence-corrected chi connectivity index (χ3v) is 5.35. The lowest BCUT2D eigenvalue weighted by Crippen LogP contribution is -2.49. The number of fused-ring (bicyclic) bond motifs is 1. The van der Waals surface area contributed by atoms with Gasteiger partial charge in [0.05, 0.1) is 0 Å². The molecular weight excluding hydrogens is 396 g/mol. The molecule has 6 nitrogen and oxygen atoms in total. The minimum Gasteiger partial charge on any atom is -0.480 e. The molecule has 3 aromatic rings. The number of aromatic nitrogens is 2. The number of anilines is 1. The molecule has 0 amide bonds. The molecular formula is C19H19BrN4O2. The highest BCUT2D eigenvalue weighted by Crippen LogP contribution is 2.31. The summed E-state index contributed by atoms with van der Waals surface area (Å²) >= 11 is 3.48. The highest BCUT2D eigenvalue weighted by atomic mass is 79.9. The van der Waals surface area contributed by atoms with Crippen molar-refractivity contribution in [2.45, 2.75) is 6.04 Å². The van der Waals surface area contributed by atoms with Crippen LogP contribution in [0.4, 0.5) is 5.82 Å². The van der Waals surface area contributed by atoms with Crippen LogP contribution in [0.1, 0.15) is 11.6 Å². The number of aromatic amines is 1. The van der Waals surface area contributed by atoms with Gasteiger partial charge in [-0.05, 0) is 30.3 Å². The largest absolute Gasteiger partial charge is 0.480 e. The molecule has 134 valence electrons. The normalized spacial score (nSPS) is 16.7. The first-order valence-corrected chi connectivity index (χ1v) is 9.32. The second-order valence-corrected chi connectivity index (χ2v) is 7.30. The minimum absolute atomic E-state index is 0.663. The Labute approximate surface area is 159 Å². The van der Waals surface area contributed by atoms with Gasteiger partial charge in [0.15, 0.2) is 0 Å². The average molecular weight is 415 g/mol. The monoisotopic (exact) mass is 414 g/mol. The summed E-state index contributed by atoms with van der Waals surface area (Å²) in [5, 5.41) is 10.9. The predicted octanol–water partition coefficient (Wildman–Crippen LogP) is 3.27. The molecule has 2 N–H and O–H groups in total. The lowest BCUT2D eigenvalue weighted by atomic mass is 10.0. The van der Waals surface area contributed by atoms with Gasteiger partial charge in [-0.25, -0.2) is 4.98 Å². The summed E-state index contributed by atoms with van der Waals surface area (Å²) < 4.78 is 0.940. The van der Waals surface area contributed by atoms with Crippen LogP contribution in [0.2, 0.25) is 0 Å². The van der Waals surface area contributed by atoms with Crippen LogP contribution in [0.5, 0.6) is 0 Å². The van der Waals surface area contributed by atoms with Gasteiger partial charge >= 0.3 is 5.97 Å². The number of nitrogens with one attached hydrogen (secondary N) is 1. The van der Waals surface area contributed by atoms with Gasteiger partial charge < -0.3 is 15.0 Å². The number of hydrogen-bond donors (Lipinski definition) is 2. The van der Waals surface area contributed by atoms with Crippen LogP contribution in [0.3, 0.4) is 0 Å². The molecule has 1 aliphatic rings. The fraction of sp³-hybridized carbons (Fsp3) is 0.263. The van der Waals surface area contributed by atoms with E-state index in [9.17, 15) is 9.90 Å². The van der Waals surface area contributed by atoms with Gasteiger partial charge in [0.2, 0.25) is 0 Å². The van der Waals surface area contributed by atoms with E-state index in [1.54, 1.807) is 6.20 Å². The predicted molar refractivity (Wildman–Crippen MR) is 104 cm³/mol. The minimum atomic E-state index is -0.822. The topological polar surface area (TPSA) is 72.5 Å². The highest BCUT2D eigenvalue weighted by Gasteiger charge is 2.32. The van der Waals surface area contributed by atoms with Crippen molar-refractivity contribution in [1.82, 2.24) is 14.9 Å². The molecule has 0 spiro atoms. The Morgan fingerprint density at radius 1 is 1.19 bits per heavy atom. The van der Waals surface area contributed by atoms with Gasteiger partial charge in [-0.1, -0.05) is 22.0 Å². The number of hydrogen-bond acceptors (Lipinski definition) is 4. The lowest BCUT2D eigenvalue weighted by molar-refractivity contribution is -0.143. The van der Waals surface area contributed by atoms with Crippen molar-refractivity contribution in [1.29, 1.82) is 0 Å². The van der Waals surface area contributed by atoms with Crippen molar-refractivity contribution in [3.8, 4) is 0 Å². The maximum Gasteiger partial charge on any atom is 0.325 e. The summed E-state index contributed by atoms with van der Waals surface area (Å²) in [5.74, 6) is 0.118. The highest BCUT2D eigenvalue weighted by molar-refractivity contribution is 9.10. The Balaban J connectivity index is 1.58. The quantitative estimate of drug-likeness (QED) is 0.685. The number of nitrogens with zero attached hydrogens (tertiary/aromatic N) is 3. The molecule has 0 aliphatic carbocycles. The van der Waals surface area contributed by atoms with Gasteiger partial charge in [0.1, 0.15) is 11.9 Å². The van der Waals surface area contributed by atoms with E-state index in [0.29, 0.717) is 13.1 Å². The fourth-order valence-electron chi connectivity index (χ4n) is 3.58. The third kappa shape index (κ3) is 3.20. The zero-order valence-corrected chi connectivity index (χ0v) is 15.7. The van der Waals surface area contributed by atoms with Gasteiger partial charge in [0.25, 0.3) is 0 Å². The number of pyridine rings is 1. The fourth-order valence-corrected chi connectivity index (χ4v) is 3.94. The van der Waals surface area contributed by atoms with Crippen molar-refractivity contribution in [3.63, 3.8) is 0 Å². The number of benzene rings is 1. The van der Waals surface area contributed by atoms with Crippen LogP contribution in [-0.2, 0) is 4.79 Å². The SMILES string of the molecule is O=C(O)[C@H](c1c[nH]c2ccc(Br)cc12)N1CCN(c2ccccn2)CC1. The van der Waals surface area contributed by atoms with E-state index in [2.05, 4.69) is 30.8 Å². The van der Waals surface area contributed by atoms with Crippen LogP contribution in [0.15, 0.2) is 53.3 Å². The molecule has 3 heterocycles. The third-order valence-electron chi connectivity index (χ3n) is 4.86. The summed E-state index contributed by atoms with van der Waals surface area (Å²) in [7, 11) is 0. The van der Waals surface area contributed by atoms with Gasteiger partial charge in [-0.15, -0.1) is 0 Å². The smallest absolute Gasteiger partial charge is 0.325 e. The molecule has 1 fully saturated rings. The Morgan fingerprint density at radius 2 is 2.00 bits per heavy atom. The Bertz CT molecular complexity index is 920. The standard InChI is InChI=1S/C19H19BrN4O2/c20-13-4-5-16-14(11-13)15(12-22-16)18(19(25)26)24-9-7-23(8-10-24)17-3-1-2-6-21-17/h1-6,11-12,18,22H,7-10H2,(H,25,26)/t18-/m0/s1. The number of carboxylic acid groups (broad SMARTS) is 1. The van der Waals surface area contributed by atoms with E-state index in [-0.39, 0.29) is 0 Å². The van der Waals surface area contributed by atoms with Crippen molar-refractivity contribution in [2.24, 2.45) is 0 Å². The summed E-state index contributed by atoms with van der Waals surface area (Å²) in [5.41, 5.74) is 1.75. The molecule has 1 atom stereocenters. The zero-order valence-electron chi connectivity index (χ0n) is 14.1. The maximum absolute atomic E-state index is 12.1. The second kappa shape index (κ2) is 7.09. The molecule has 4 rings (SSSR count). The summed E-state index contributed by atoms with van der Waals surface area (Å²) in [6.45, 7) is 2.86. The first-order chi connectivity index (χ1) is 12.6. The Hall–Kier alpha value is -2.38. The second-order valence-electron chi connectivity index (χ2n) is 6.39. The van der Waals surface area contributed by atoms with E-state index in [1.165, 1.54) is 0 Å². The molecule has 1 aromatic carbocycles. The summed E-state index contributed by atoms with van der Waals surface area (Å²) in [6, 6.07) is 11.1. The van der Waals surface area contributed by atoms with E-state index in [1.807, 2.05) is 47.5 Å². The van der Waals surface area contributed by atoms with E-state index >= 15 is 0 Å². The number of halogens is 1. The molecule has 1 saturated heterocycles. The van der Waals surface area contributed by atoms with Gasteiger partial charge in [-0.2, -0.15) is 0 Å². The van der Waals surface area contributed by atoms with Crippen molar-refractivity contribution in [3.05, 3.63) is 58.8 Å². The Morgan fingerprint density at radius 3 is 2.69 bits per heavy atom. The van der Waals surface area contributed by atoms with Crippen molar-refractivity contribution in [2.75, 3.05) is 31.1 Å². The van der Waals surface area contributed by atoms with E-state index in [4.69, 9.17) is 0 Å². The molecule has 2 aromatic heterocycles. The van der Waals surface area contributed by atoms with Crippen LogP contribution < -0.4 is 4.90 Å². The first kappa shape index (κ1) is 17.1. The van der Waals surface area contributed by atoms with Crippen LogP contribution >= 0.6 is 15.9 Å². The number of H-pyrrole nitrogens is 1. The van der Waals surface area contributed by atoms with Crippen molar-refractivity contribution < 1.29 is 9.90 Å². The molecule has 1 aliphatic heterocycles. The summed E-state index contributed by atoms with van der Waals surface area (Å²) in [4.78, 5) is 23.9. The maximum atomic E-state index is 12.1. The van der Waals surface area contributed by atoms with Crippen LogP contribution in [0, 0.1) is 0 Å². The van der Waals surface area contributed by atoms with Gasteiger partial charge in [0, 0.05) is 59.5 Å². The lowest BCUT2D eigenvalue weighted by Gasteiger charge is -2.38. The molecule has 7 heteroatoms. The number of carbonyl (C=O) groups is 1. The number of aliphatic carboxylic acids is 1. The first-order valence-electron chi connectivity index (χ1n) is 8.53. The van der Waals surface area contributed by atoms with Gasteiger partial charge in [-0.3, -0.25) is 9.69 Å². The number of rotatable bonds is 4. The molecule has 0 saturated carbocycles. The summed E-state index contributed by atoms with van der Waals surface area (Å²) in [6.07, 6.45) is 3.60. The van der Waals surface area contributed by atoms with E-state index in [0.717, 1.165) is 39.8 Å². The van der Waals surface area contributed by atoms with Crippen LogP contribution in [-0.4, -0.2) is 52.1 Å². The molecule has 0 bridgehead atoms. The Kier molecular flexibility index (Phi) is 4.65. The number of carboxylic acids is 1. The zero-order chi connectivity index (χ0) is 18.1.